The molecule has 0 fully saturated rings. The highest BCUT2D eigenvalue weighted by molar-refractivity contribution is 5.56. The normalized spacial score (nSPS) is 11.3. The smallest absolute Gasteiger partial charge is 0.418 e. The van der Waals surface area contributed by atoms with Gasteiger partial charge < -0.3 is 10.1 Å². The molecule has 0 saturated carbocycles. The predicted octanol–water partition coefficient (Wildman–Crippen LogP) is 4.63. The number of aryl methyl sites for hydroxylation is 1. The van der Waals surface area contributed by atoms with Gasteiger partial charge >= 0.3 is 6.18 Å². The Morgan fingerprint density at radius 2 is 1.71 bits per heavy atom. The van der Waals surface area contributed by atoms with Crippen LogP contribution in [0.5, 0.6) is 5.75 Å². The molecule has 0 aliphatic rings. The molecule has 0 bridgehead atoms. The second-order valence-corrected chi connectivity index (χ2v) is 4.75. The molecule has 0 atom stereocenters. The average Bonchev–Trinajstić information content (AvgIpc) is 2.45. The topological polar surface area (TPSA) is 21.3 Å². The average molecular weight is 295 g/mol. The number of ether oxygens (including phenoxy) is 1. The quantitative estimate of drug-likeness (QED) is 0.887. The maximum absolute atomic E-state index is 13.0. The minimum absolute atomic E-state index is 0.0453. The van der Waals surface area contributed by atoms with Crippen LogP contribution in [0.3, 0.4) is 0 Å². The summed E-state index contributed by atoms with van der Waals surface area (Å²) in [6.45, 7) is 2.29. The first kappa shape index (κ1) is 15.2. The van der Waals surface area contributed by atoms with E-state index in [-0.39, 0.29) is 11.4 Å². The van der Waals surface area contributed by atoms with Crippen LogP contribution in [0, 0.1) is 6.92 Å². The lowest BCUT2D eigenvalue weighted by molar-refractivity contribution is -0.137. The zero-order chi connectivity index (χ0) is 15.5. The highest BCUT2D eigenvalue weighted by Crippen LogP contribution is 2.37. The Labute approximate surface area is 121 Å². The van der Waals surface area contributed by atoms with E-state index >= 15 is 0 Å². The van der Waals surface area contributed by atoms with E-state index in [0.29, 0.717) is 6.54 Å². The van der Waals surface area contributed by atoms with Gasteiger partial charge in [0.15, 0.2) is 0 Å². The predicted molar refractivity (Wildman–Crippen MR) is 76.5 cm³/mol. The maximum atomic E-state index is 13.0. The molecule has 0 unspecified atom stereocenters. The number of nitrogens with one attached hydrogen (secondary N) is 1. The monoisotopic (exact) mass is 295 g/mol. The lowest BCUT2D eigenvalue weighted by Crippen LogP contribution is -2.11. The van der Waals surface area contributed by atoms with E-state index < -0.39 is 11.7 Å². The summed E-state index contributed by atoms with van der Waals surface area (Å²) < 4.78 is 44.0. The van der Waals surface area contributed by atoms with E-state index in [9.17, 15) is 13.2 Å². The first-order chi connectivity index (χ1) is 9.90. The summed E-state index contributed by atoms with van der Waals surface area (Å²) in [4.78, 5) is 0. The number of methoxy groups -OCH3 is 1. The molecule has 0 spiro atoms. The second-order valence-electron chi connectivity index (χ2n) is 4.75. The standard InChI is InChI=1S/C16H16F3NO/c1-11-3-5-12(6-4-11)10-20-15-8-7-13(21-2)9-14(15)16(17,18)19/h3-9,20H,10H2,1-2H3. The van der Waals surface area contributed by atoms with Crippen LogP contribution >= 0.6 is 0 Å². The van der Waals surface area contributed by atoms with Crippen LogP contribution in [0.2, 0.25) is 0 Å². The van der Waals surface area contributed by atoms with Gasteiger partial charge in [0.25, 0.3) is 0 Å². The van der Waals surface area contributed by atoms with E-state index in [1.54, 1.807) is 0 Å². The number of alkyl halides is 3. The Morgan fingerprint density at radius 1 is 1.05 bits per heavy atom. The molecule has 1 N–H and O–H groups in total. The third-order valence-electron chi connectivity index (χ3n) is 3.14. The molecule has 2 rings (SSSR count). The molecular weight excluding hydrogens is 279 g/mol. The van der Waals surface area contributed by atoms with Crippen molar-refractivity contribution in [3.05, 3.63) is 59.2 Å². The Kier molecular flexibility index (Phi) is 4.40. The molecule has 0 amide bonds. The fraction of sp³-hybridized carbons (Fsp3) is 0.250. The van der Waals surface area contributed by atoms with E-state index in [4.69, 9.17) is 4.74 Å². The summed E-state index contributed by atoms with van der Waals surface area (Å²) in [5, 5.41) is 2.83. The molecule has 0 heterocycles. The minimum Gasteiger partial charge on any atom is -0.497 e. The van der Waals surface area contributed by atoms with Crippen LogP contribution in [0.15, 0.2) is 42.5 Å². The van der Waals surface area contributed by atoms with Gasteiger partial charge in [-0.25, -0.2) is 0 Å². The van der Waals surface area contributed by atoms with Gasteiger partial charge in [0, 0.05) is 12.2 Å². The van der Waals surface area contributed by atoms with Crippen LogP contribution in [-0.4, -0.2) is 7.11 Å². The number of hydrogen-bond donors (Lipinski definition) is 1. The van der Waals surface area contributed by atoms with E-state index in [1.807, 2.05) is 31.2 Å². The zero-order valence-corrected chi connectivity index (χ0v) is 11.8. The fourth-order valence-electron chi connectivity index (χ4n) is 1.94. The van der Waals surface area contributed by atoms with E-state index in [1.165, 1.54) is 19.2 Å². The summed E-state index contributed by atoms with van der Waals surface area (Å²) >= 11 is 0. The van der Waals surface area contributed by atoms with Gasteiger partial charge in [0.05, 0.1) is 12.7 Å². The third-order valence-corrected chi connectivity index (χ3v) is 3.14. The summed E-state index contributed by atoms with van der Waals surface area (Å²) in [5.74, 6) is 0.184. The Bertz CT molecular complexity index is 606. The first-order valence-electron chi connectivity index (χ1n) is 6.45. The highest BCUT2D eigenvalue weighted by atomic mass is 19.4. The van der Waals surface area contributed by atoms with Crippen molar-refractivity contribution in [2.45, 2.75) is 19.6 Å². The highest BCUT2D eigenvalue weighted by Gasteiger charge is 2.34. The van der Waals surface area contributed by atoms with Crippen LogP contribution in [0.1, 0.15) is 16.7 Å². The molecule has 21 heavy (non-hydrogen) atoms. The molecule has 0 aromatic heterocycles. The van der Waals surface area contributed by atoms with Crippen LogP contribution in [0.4, 0.5) is 18.9 Å². The Morgan fingerprint density at radius 3 is 2.29 bits per heavy atom. The van der Waals surface area contributed by atoms with Crippen molar-refractivity contribution >= 4 is 5.69 Å². The van der Waals surface area contributed by atoms with Gasteiger partial charge in [-0.05, 0) is 30.7 Å². The number of benzene rings is 2. The van der Waals surface area contributed by atoms with Gasteiger partial charge in [-0.1, -0.05) is 29.8 Å². The molecular formula is C16H16F3NO. The van der Waals surface area contributed by atoms with Gasteiger partial charge in [-0.3, -0.25) is 0 Å². The molecule has 2 aromatic rings. The van der Waals surface area contributed by atoms with E-state index in [0.717, 1.165) is 17.2 Å². The molecule has 0 aliphatic carbocycles. The largest absolute Gasteiger partial charge is 0.497 e. The van der Waals surface area contributed by atoms with Crippen LogP contribution in [-0.2, 0) is 12.7 Å². The SMILES string of the molecule is COc1ccc(NCc2ccc(C)cc2)c(C(F)(F)F)c1. The lowest BCUT2D eigenvalue weighted by Gasteiger charge is -2.16. The van der Waals surface area contributed by atoms with Crippen molar-refractivity contribution < 1.29 is 17.9 Å². The van der Waals surface area contributed by atoms with Crippen molar-refractivity contribution in [1.82, 2.24) is 0 Å². The van der Waals surface area contributed by atoms with E-state index in [2.05, 4.69) is 5.32 Å². The van der Waals surface area contributed by atoms with Gasteiger partial charge in [0.1, 0.15) is 5.75 Å². The molecule has 0 saturated heterocycles. The third kappa shape index (κ3) is 3.90. The lowest BCUT2D eigenvalue weighted by atomic mass is 10.1. The number of anilines is 1. The fourth-order valence-corrected chi connectivity index (χ4v) is 1.94. The number of hydrogen-bond acceptors (Lipinski definition) is 2. The van der Waals surface area contributed by atoms with Crippen LogP contribution in [0.25, 0.3) is 0 Å². The van der Waals surface area contributed by atoms with Gasteiger partial charge in [0.2, 0.25) is 0 Å². The van der Waals surface area contributed by atoms with Crippen molar-refractivity contribution in [2.75, 3.05) is 12.4 Å². The summed E-state index contributed by atoms with van der Waals surface area (Å²) in [6, 6.07) is 11.5. The molecule has 5 heteroatoms. The van der Waals surface area contributed by atoms with Crippen molar-refractivity contribution in [2.24, 2.45) is 0 Å². The molecule has 112 valence electrons. The maximum Gasteiger partial charge on any atom is 0.418 e. The van der Waals surface area contributed by atoms with Crippen molar-refractivity contribution in [1.29, 1.82) is 0 Å². The number of rotatable bonds is 4. The van der Waals surface area contributed by atoms with Crippen LogP contribution < -0.4 is 10.1 Å². The summed E-state index contributed by atoms with van der Waals surface area (Å²) in [5.41, 5.74) is 1.35. The molecule has 2 nitrogen and oxygen atoms in total. The first-order valence-corrected chi connectivity index (χ1v) is 6.45. The molecule has 2 aromatic carbocycles. The van der Waals surface area contributed by atoms with Crippen molar-refractivity contribution in [3.8, 4) is 5.75 Å². The molecule has 0 radical (unpaired) electrons. The van der Waals surface area contributed by atoms with Gasteiger partial charge in [-0.2, -0.15) is 13.2 Å². The summed E-state index contributed by atoms with van der Waals surface area (Å²) in [7, 11) is 1.34. The summed E-state index contributed by atoms with van der Waals surface area (Å²) in [6.07, 6.45) is -4.43. The molecule has 0 aliphatic heterocycles. The second kappa shape index (κ2) is 6.08. The minimum atomic E-state index is -4.43. The Hall–Kier alpha value is -2.17. The number of halogens is 3. The zero-order valence-electron chi connectivity index (χ0n) is 11.8. The Balaban J connectivity index is 2.21. The van der Waals surface area contributed by atoms with Crippen molar-refractivity contribution in [3.63, 3.8) is 0 Å². The van der Waals surface area contributed by atoms with Gasteiger partial charge in [-0.15, -0.1) is 0 Å².